The highest BCUT2D eigenvalue weighted by Gasteiger charge is 2.59. The Morgan fingerprint density at radius 1 is 1.04 bits per heavy atom. The Morgan fingerprint density at radius 3 is 2.14 bits per heavy atom. The molecule has 2 aliphatic carbocycles. The molecule has 28 heavy (non-hydrogen) atoms. The molecule has 2 bridgehead atoms. The van der Waals surface area contributed by atoms with Crippen molar-refractivity contribution in [2.45, 2.75) is 20.3 Å². The maximum Gasteiger partial charge on any atom is 0.338 e. The number of amides is 2. The van der Waals surface area contributed by atoms with Crippen LogP contribution in [-0.2, 0) is 14.3 Å². The second-order valence-electron chi connectivity index (χ2n) is 7.72. The van der Waals surface area contributed by atoms with Crippen molar-refractivity contribution in [2.75, 3.05) is 31.1 Å². The molecule has 3 aliphatic rings. The van der Waals surface area contributed by atoms with Gasteiger partial charge < -0.3 is 9.64 Å². The number of hydrogen-bond acceptors (Lipinski definition) is 5. The predicted molar refractivity (Wildman–Crippen MR) is 105 cm³/mol. The van der Waals surface area contributed by atoms with Crippen LogP contribution in [0.15, 0.2) is 36.4 Å². The number of carbonyl (C=O) groups excluding carboxylic acids is 3. The number of nitrogens with zero attached hydrogens (tertiary/aromatic N) is 2. The van der Waals surface area contributed by atoms with Gasteiger partial charge in [0.15, 0.2) is 0 Å². The van der Waals surface area contributed by atoms with Crippen LogP contribution in [0.5, 0.6) is 0 Å². The Hall–Kier alpha value is -2.47. The summed E-state index contributed by atoms with van der Waals surface area (Å²) in [5.41, 5.74) is 0.952. The van der Waals surface area contributed by atoms with Crippen LogP contribution >= 0.6 is 0 Å². The molecule has 0 aromatic heterocycles. The Labute approximate surface area is 165 Å². The Morgan fingerprint density at radius 2 is 1.61 bits per heavy atom. The summed E-state index contributed by atoms with van der Waals surface area (Å²) in [6.07, 6.45) is 5.08. The number of rotatable bonds is 7. The average molecular weight is 382 g/mol. The number of anilines is 1. The van der Waals surface area contributed by atoms with E-state index in [0.717, 1.165) is 19.5 Å². The fourth-order valence-electron chi connectivity index (χ4n) is 4.79. The van der Waals surface area contributed by atoms with Crippen LogP contribution in [0, 0.1) is 23.7 Å². The number of hydrogen-bond donors (Lipinski definition) is 0. The van der Waals surface area contributed by atoms with Crippen molar-refractivity contribution in [1.82, 2.24) is 4.90 Å². The minimum absolute atomic E-state index is 0.110. The number of fused-ring (bicyclic) bond motifs is 5. The van der Waals surface area contributed by atoms with E-state index in [9.17, 15) is 14.4 Å². The molecule has 6 heteroatoms. The molecule has 1 heterocycles. The lowest BCUT2D eigenvalue weighted by molar-refractivity contribution is -0.123. The van der Waals surface area contributed by atoms with Gasteiger partial charge in [0, 0.05) is 6.54 Å². The third kappa shape index (κ3) is 3.05. The molecule has 2 fully saturated rings. The van der Waals surface area contributed by atoms with Gasteiger partial charge in [0.25, 0.3) is 0 Å². The predicted octanol–water partition coefficient (Wildman–Crippen LogP) is 2.50. The van der Waals surface area contributed by atoms with Gasteiger partial charge in [-0.15, -0.1) is 0 Å². The number of allylic oxidation sites excluding steroid dienone is 2. The summed E-state index contributed by atoms with van der Waals surface area (Å²) in [6, 6.07) is 6.56. The van der Waals surface area contributed by atoms with Crippen molar-refractivity contribution >= 4 is 23.5 Å². The number of carbonyl (C=O) groups is 3. The maximum atomic E-state index is 12.8. The molecule has 4 unspecified atom stereocenters. The molecular weight excluding hydrogens is 356 g/mol. The zero-order chi connectivity index (χ0) is 19.8. The topological polar surface area (TPSA) is 66.9 Å². The van der Waals surface area contributed by atoms with Crippen LogP contribution in [0.4, 0.5) is 5.69 Å². The first-order chi connectivity index (χ1) is 13.5. The second kappa shape index (κ2) is 7.51. The molecule has 1 saturated heterocycles. The van der Waals surface area contributed by atoms with Gasteiger partial charge in [0.2, 0.25) is 11.8 Å². The summed E-state index contributed by atoms with van der Waals surface area (Å²) in [7, 11) is 0. The van der Waals surface area contributed by atoms with E-state index >= 15 is 0 Å². The SMILES string of the molecule is CCN(CC)CCOC(=O)c1ccc(N2C(=O)C3C4C=CC(C4)C3C2=O)cc1. The van der Waals surface area contributed by atoms with Gasteiger partial charge in [0.1, 0.15) is 6.61 Å². The Kier molecular flexibility index (Phi) is 5.06. The zero-order valence-corrected chi connectivity index (χ0v) is 16.3. The monoisotopic (exact) mass is 382 g/mol. The molecule has 4 rings (SSSR count). The summed E-state index contributed by atoms with van der Waals surface area (Å²) < 4.78 is 5.33. The summed E-state index contributed by atoms with van der Waals surface area (Å²) in [4.78, 5) is 41.4. The van der Waals surface area contributed by atoms with E-state index in [4.69, 9.17) is 4.74 Å². The van der Waals surface area contributed by atoms with Crippen molar-refractivity contribution in [3.8, 4) is 0 Å². The second-order valence-corrected chi connectivity index (χ2v) is 7.72. The summed E-state index contributed by atoms with van der Waals surface area (Å²) >= 11 is 0. The fraction of sp³-hybridized carbons (Fsp3) is 0.500. The molecular formula is C22H26N2O4. The van der Waals surface area contributed by atoms with Gasteiger partial charge in [-0.3, -0.25) is 14.5 Å². The van der Waals surface area contributed by atoms with E-state index in [1.165, 1.54) is 4.90 Å². The van der Waals surface area contributed by atoms with Crippen molar-refractivity contribution in [1.29, 1.82) is 0 Å². The molecule has 1 aromatic carbocycles. The molecule has 2 amide bonds. The quantitative estimate of drug-likeness (QED) is 0.412. The number of ether oxygens (including phenoxy) is 1. The third-order valence-electron chi connectivity index (χ3n) is 6.37. The molecule has 0 spiro atoms. The van der Waals surface area contributed by atoms with Crippen molar-refractivity contribution in [3.63, 3.8) is 0 Å². The highest BCUT2D eigenvalue weighted by atomic mass is 16.5. The molecule has 6 nitrogen and oxygen atoms in total. The van der Waals surface area contributed by atoms with Crippen LogP contribution in [-0.4, -0.2) is 48.9 Å². The summed E-state index contributed by atoms with van der Waals surface area (Å²) in [5, 5.41) is 0. The molecule has 1 aliphatic heterocycles. The standard InChI is InChI=1S/C22H26N2O4/c1-3-23(4-2)11-12-28-22(27)14-7-9-17(10-8-14)24-20(25)18-15-5-6-16(13-15)19(18)21(24)26/h5-10,15-16,18-19H,3-4,11-13H2,1-2H3. The van der Waals surface area contributed by atoms with E-state index in [1.54, 1.807) is 24.3 Å². The van der Waals surface area contributed by atoms with Crippen LogP contribution in [0.25, 0.3) is 0 Å². The smallest absolute Gasteiger partial charge is 0.338 e. The van der Waals surface area contributed by atoms with E-state index in [0.29, 0.717) is 24.4 Å². The Bertz CT molecular complexity index is 782. The lowest BCUT2D eigenvalue weighted by atomic mass is 9.85. The molecule has 4 atom stereocenters. The number of likely N-dealkylation sites (N-methyl/N-ethyl adjacent to an activating group) is 1. The number of benzene rings is 1. The fourth-order valence-corrected chi connectivity index (χ4v) is 4.79. The molecule has 0 radical (unpaired) electrons. The van der Waals surface area contributed by atoms with Crippen LogP contribution < -0.4 is 4.90 Å². The number of imide groups is 1. The summed E-state index contributed by atoms with van der Waals surface area (Å²) in [6.45, 7) is 7.01. The molecule has 1 saturated carbocycles. The van der Waals surface area contributed by atoms with Crippen LogP contribution in [0.3, 0.4) is 0 Å². The molecule has 0 N–H and O–H groups in total. The van der Waals surface area contributed by atoms with E-state index in [2.05, 4.69) is 30.9 Å². The van der Waals surface area contributed by atoms with Crippen molar-refractivity contribution in [3.05, 3.63) is 42.0 Å². The summed E-state index contributed by atoms with van der Waals surface area (Å²) in [5.74, 6) is -0.660. The zero-order valence-electron chi connectivity index (χ0n) is 16.3. The van der Waals surface area contributed by atoms with Gasteiger partial charge in [-0.05, 0) is 55.6 Å². The average Bonchev–Trinajstić information content (AvgIpc) is 3.39. The lowest BCUT2D eigenvalue weighted by Gasteiger charge is -2.18. The highest BCUT2D eigenvalue weighted by Crippen LogP contribution is 2.53. The van der Waals surface area contributed by atoms with E-state index in [-0.39, 0.29) is 35.5 Å². The lowest BCUT2D eigenvalue weighted by Crippen LogP contribution is -2.32. The minimum Gasteiger partial charge on any atom is -0.461 e. The first-order valence-corrected chi connectivity index (χ1v) is 10.1. The molecule has 148 valence electrons. The normalized spacial score (nSPS) is 27.8. The Balaban J connectivity index is 1.41. The van der Waals surface area contributed by atoms with Crippen molar-refractivity contribution in [2.24, 2.45) is 23.7 Å². The maximum absolute atomic E-state index is 12.8. The largest absolute Gasteiger partial charge is 0.461 e. The first-order valence-electron chi connectivity index (χ1n) is 10.1. The van der Waals surface area contributed by atoms with Gasteiger partial charge in [-0.25, -0.2) is 4.79 Å². The molecule has 1 aromatic rings. The van der Waals surface area contributed by atoms with Gasteiger partial charge in [0.05, 0.1) is 23.1 Å². The van der Waals surface area contributed by atoms with Gasteiger partial charge in [-0.1, -0.05) is 26.0 Å². The van der Waals surface area contributed by atoms with Crippen LogP contribution in [0.2, 0.25) is 0 Å². The van der Waals surface area contributed by atoms with Crippen molar-refractivity contribution < 1.29 is 19.1 Å². The third-order valence-corrected chi connectivity index (χ3v) is 6.37. The van der Waals surface area contributed by atoms with E-state index < -0.39 is 5.97 Å². The van der Waals surface area contributed by atoms with Gasteiger partial charge in [-0.2, -0.15) is 0 Å². The minimum atomic E-state index is -0.392. The van der Waals surface area contributed by atoms with Crippen LogP contribution in [0.1, 0.15) is 30.6 Å². The number of esters is 1. The van der Waals surface area contributed by atoms with Gasteiger partial charge >= 0.3 is 5.97 Å². The van der Waals surface area contributed by atoms with E-state index in [1.807, 2.05) is 0 Å². The first kappa shape index (κ1) is 18.9. The highest BCUT2D eigenvalue weighted by molar-refractivity contribution is 6.22.